The Morgan fingerprint density at radius 1 is 1.38 bits per heavy atom. The molecule has 0 saturated heterocycles. The van der Waals surface area contributed by atoms with Crippen LogP contribution >= 0.6 is 11.6 Å². The fourth-order valence-electron chi connectivity index (χ4n) is 2.88. The van der Waals surface area contributed by atoms with Crippen molar-refractivity contribution in [1.29, 1.82) is 0 Å². The molecule has 118 valence electrons. The minimum Gasteiger partial charge on any atom is -0.382 e. The zero-order valence-electron chi connectivity index (χ0n) is 13.8. The van der Waals surface area contributed by atoms with E-state index >= 15 is 0 Å². The number of ether oxygens (including phenoxy) is 1. The molecule has 2 aromatic rings. The van der Waals surface area contributed by atoms with Crippen molar-refractivity contribution in [1.82, 2.24) is 19.3 Å². The van der Waals surface area contributed by atoms with Gasteiger partial charge < -0.3 is 9.30 Å². The Hall–Kier alpha value is -1.07. The number of hydrogen-bond acceptors (Lipinski definition) is 3. The smallest absolute Gasteiger partial charge is 0.159 e. The lowest BCUT2D eigenvalue weighted by molar-refractivity contribution is 0.109. The number of nitrogens with zero attached hydrogens (tertiary/aromatic N) is 4. The minimum atomic E-state index is -0.237. The summed E-state index contributed by atoms with van der Waals surface area (Å²) >= 11 is 6.37. The molecule has 5 nitrogen and oxygen atoms in total. The average molecular weight is 313 g/mol. The van der Waals surface area contributed by atoms with E-state index in [4.69, 9.17) is 21.3 Å². The second kappa shape index (κ2) is 5.97. The van der Waals surface area contributed by atoms with E-state index in [9.17, 15) is 0 Å². The highest BCUT2D eigenvalue weighted by Crippen LogP contribution is 2.32. The van der Waals surface area contributed by atoms with E-state index in [1.165, 1.54) is 0 Å². The van der Waals surface area contributed by atoms with Crippen molar-refractivity contribution < 1.29 is 4.74 Å². The molecule has 0 aliphatic carbocycles. The molecule has 21 heavy (non-hydrogen) atoms. The van der Waals surface area contributed by atoms with Gasteiger partial charge in [0.25, 0.3) is 0 Å². The summed E-state index contributed by atoms with van der Waals surface area (Å²) in [5, 5.41) is 4.46. The van der Waals surface area contributed by atoms with Gasteiger partial charge in [0, 0.05) is 14.2 Å². The third kappa shape index (κ3) is 2.81. The van der Waals surface area contributed by atoms with Crippen molar-refractivity contribution in [2.75, 3.05) is 13.7 Å². The molecule has 1 unspecified atom stereocenters. The van der Waals surface area contributed by atoms with E-state index in [2.05, 4.69) is 30.4 Å². The van der Waals surface area contributed by atoms with Gasteiger partial charge in [-0.25, -0.2) is 4.98 Å². The third-order valence-electron chi connectivity index (χ3n) is 3.68. The maximum absolute atomic E-state index is 6.37. The molecule has 0 aliphatic rings. The van der Waals surface area contributed by atoms with Crippen molar-refractivity contribution in [3.05, 3.63) is 11.5 Å². The first-order chi connectivity index (χ1) is 9.83. The Labute approximate surface area is 131 Å². The third-order valence-corrected chi connectivity index (χ3v) is 3.87. The van der Waals surface area contributed by atoms with Gasteiger partial charge in [0.1, 0.15) is 11.3 Å². The number of hydrogen-bond donors (Lipinski definition) is 0. The molecule has 1 atom stereocenters. The van der Waals surface area contributed by atoms with Crippen molar-refractivity contribution >= 4 is 22.8 Å². The van der Waals surface area contributed by atoms with Crippen LogP contribution in [-0.2, 0) is 23.7 Å². The first-order valence-electron chi connectivity index (χ1n) is 7.41. The lowest BCUT2D eigenvalue weighted by atomic mass is 10.1. The van der Waals surface area contributed by atoms with Crippen molar-refractivity contribution in [3.8, 4) is 0 Å². The van der Waals surface area contributed by atoms with E-state index in [1.54, 1.807) is 7.11 Å². The van der Waals surface area contributed by atoms with Crippen LogP contribution in [0.2, 0.25) is 0 Å². The molecule has 0 saturated carbocycles. The number of methoxy groups -OCH3 is 1. The molecule has 0 N–H and O–H groups in total. The predicted molar refractivity (Wildman–Crippen MR) is 86.0 cm³/mol. The van der Waals surface area contributed by atoms with Crippen molar-refractivity contribution in [3.63, 3.8) is 0 Å². The summed E-state index contributed by atoms with van der Waals surface area (Å²) in [7, 11) is 3.68. The summed E-state index contributed by atoms with van der Waals surface area (Å²) in [5.74, 6) is 0.874. The molecule has 2 aromatic heterocycles. The normalized spacial score (nSPS) is 14.0. The SMILES string of the molecule is CCCc1nn(C)c2c1nc(C(C)Cl)n2C(C)(C)COC. The van der Waals surface area contributed by atoms with Gasteiger partial charge in [0.2, 0.25) is 0 Å². The van der Waals surface area contributed by atoms with E-state index < -0.39 is 0 Å². The lowest BCUT2D eigenvalue weighted by Crippen LogP contribution is -2.33. The molecule has 2 heterocycles. The number of aromatic nitrogens is 4. The average Bonchev–Trinajstić information content (AvgIpc) is 2.90. The van der Waals surface area contributed by atoms with Crippen LogP contribution in [0.4, 0.5) is 0 Å². The summed E-state index contributed by atoms with van der Waals surface area (Å²) in [5.41, 5.74) is 2.79. The zero-order valence-corrected chi connectivity index (χ0v) is 14.5. The molecule has 0 amide bonds. The summed E-state index contributed by atoms with van der Waals surface area (Å²) in [6, 6.07) is 0. The maximum atomic E-state index is 6.37. The van der Waals surface area contributed by atoms with E-state index in [1.807, 2.05) is 18.7 Å². The fourth-order valence-corrected chi connectivity index (χ4v) is 3.03. The molecule has 2 rings (SSSR count). The molecule has 6 heteroatoms. The van der Waals surface area contributed by atoms with Crippen LogP contribution in [0, 0.1) is 0 Å². The number of aryl methyl sites for hydroxylation is 2. The van der Waals surface area contributed by atoms with Crippen LogP contribution in [0.3, 0.4) is 0 Å². The quantitative estimate of drug-likeness (QED) is 0.768. The van der Waals surface area contributed by atoms with Crippen LogP contribution < -0.4 is 0 Å². The lowest BCUT2D eigenvalue weighted by Gasteiger charge is -2.29. The van der Waals surface area contributed by atoms with Gasteiger partial charge in [-0.1, -0.05) is 13.3 Å². The zero-order chi connectivity index (χ0) is 15.8. The monoisotopic (exact) mass is 312 g/mol. The van der Waals surface area contributed by atoms with Crippen molar-refractivity contribution in [2.45, 2.75) is 51.5 Å². The Morgan fingerprint density at radius 2 is 2.05 bits per heavy atom. The van der Waals surface area contributed by atoms with Crippen LogP contribution in [-0.4, -0.2) is 33.0 Å². The van der Waals surface area contributed by atoms with Gasteiger partial charge in [-0.15, -0.1) is 11.6 Å². The molecule has 0 spiro atoms. The highest BCUT2D eigenvalue weighted by atomic mass is 35.5. The number of halogens is 1. The second-order valence-electron chi connectivity index (χ2n) is 6.16. The Kier molecular flexibility index (Phi) is 4.63. The van der Waals surface area contributed by atoms with Crippen LogP contribution in [0.25, 0.3) is 11.2 Å². The molecule has 0 bridgehead atoms. The van der Waals surface area contributed by atoms with Gasteiger partial charge in [0.15, 0.2) is 5.65 Å². The topological polar surface area (TPSA) is 44.9 Å². The second-order valence-corrected chi connectivity index (χ2v) is 6.81. The first kappa shape index (κ1) is 16.3. The summed E-state index contributed by atoms with van der Waals surface area (Å²) in [4.78, 5) is 4.79. The number of imidazole rings is 1. The van der Waals surface area contributed by atoms with Gasteiger partial charge in [-0.3, -0.25) is 4.68 Å². The van der Waals surface area contributed by atoms with Crippen molar-refractivity contribution in [2.24, 2.45) is 7.05 Å². The highest BCUT2D eigenvalue weighted by Gasteiger charge is 2.30. The molecular formula is C15H25ClN4O. The Morgan fingerprint density at radius 3 is 2.57 bits per heavy atom. The molecule has 0 radical (unpaired) electrons. The van der Waals surface area contributed by atoms with Crippen LogP contribution in [0.1, 0.15) is 51.0 Å². The summed E-state index contributed by atoms with van der Waals surface area (Å²) in [6.07, 6.45) is 1.97. The predicted octanol–water partition coefficient (Wildman–Crippen LogP) is 3.40. The summed E-state index contributed by atoms with van der Waals surface area (Å²) in [6.45, 7) is 8.95. The fraction of sp³-hybridized carbons (Fsp3) is 0.733. The molecule has 0 fully saturated rings. The van der Waals surface area contributed by atoms with E-state index in [-0.39, 0.29) is 10.9 Å². The number of fused-ring (bicyclic) bond motifs is 1. The standard InChI is InChI=1S/C15H25ClN4O/c1-7-8-11-12-14(19(5)18-11)20(13(17-12)10(2)16)15(3,4)9-21-6/h10H,7-9H2,1-6H3. The van der Waals surface area contributed by atoms with Gasteiger partial charge in [-0.2, -0.15) is 5.10 Å². The number of alkyl halides is 1. The minimum absolute atomic E-state index is 0.164. The summed E-state index contributed by atoms with van der Waals surface area (Å²) < 4.78 is 9.47. The largest absolute Gasteiger partial charge is 0.382 e. The molecular weight excluding hydrogens is 288 g/mol. The van der Waals surface area contributed by atoms with Crippen LogP contribution in [0.5, 0.6) is 0 Å². The van der Waals surface area contributed by atoms with E-state index in [0.717, 1.165) is 35.5 Å². The highest BCUT2D eigenvalue weighted by molar-refractivity contribution is 6.20. The van der Waals surface area contributed by atoms with E-state index in [0.29, 0.717) is 6.61 Å². The molecule has 0 aromatic carbocycles. The van der Waals surface area contributed by atoms with Crippen LogP contribution in [0.15, 0.2) is 0 Å². The maximum Gasteiger partial charge on any atom is 0.159 e. The first-order valence-corrected chi connectivity index (χ1v) is 7.84. The number of rotatable bonds is 6. The Balaban J connectivity index is 2.74. The Bertz CT molecular complexity index is 627. The van der Waals surface area contributed by atoms with Gasteiger partial charge >= 0.3 is 0 Å². The van der Waals surface area contributed by atoms with Gasteiger partial charge in [-0.05, 0) is 27.2 Å². The molecule has 0 aliphatic heterocycles. The van der Waals surface area contributed by atoms with Gasteiger partial charge in [0.05, 0.1) is 23.2 Å².